The summed E-state index contributed by atoms with van der Waals surface area (Å²) in [7, 11) is 0. The Morgan fingerprint density at radius 3 is 2.58 bits per heavy atom. The van der Waals surface area contributed by atoms with Gasteiger partial charge in [0, 0.05) is 11.6 Å². The third-order valence-corrected chi connectivity index (χ3v) is 4.69. The second-order valence-corrected chi connectivity index (χ2v) is 6.76. The molecule has 9 heteroatoms. The normalized spacial score (nSPS) is 10.7. The van der Waals surface area contributed by atoms with Gasteiger partial charge in [0.2, 0.25) is 0 Å². The molecule has 0 amide bonds. The van der Waals surface area contributed by atoms with Crippen LogP contribution in [-0.2, 0) is 0 Å². The molecule has 0 saturated heterocycles. The lowest BCUT2D eigenvalue weighted by Crippen LogP contribution is -1.99. The molecular weight excluding hydrogens is 424 g/mol. The SMILES string of the molecule is Cc1csc(Nc2ncc(Br)c(Oc3c(F)cccc3F)c2Cl)n1. The van der Waals surface area contributed by atoms with Gasteiger partial charge in [-0.15, -0.1) is 11.3 Å². The minimum absolute atomic E-state index is 0.0476. The number of pyridine rings is 1. The monoisotopic (exact) mass is 431 g/mol. The molecule has 4 nitrogen and oxygen atoms in total. The van der Waals surface area contributed by atoms with Gasteiger partial charge in [-0.25, -0.2) is 18.7 Å². The molecule has 1 aromatic carbocycles. The number of aromatic nitrogens is 2. The van der Waals surface area contributed by atoms with Crippen molar-refractivity contribution in [1.82, 2.24) is 9.97 Å². The number of aryl methyl sites for hydroxylation is 1. The largest absolute Gasteiger partial charge is 0.448 e. The molecule has 0 radical (unpaired) electrons. The number of nitrogens with one attached hydrogen (secondary N) is 1. The first-order valence-corrected chi connectivity index (χ1v) is 8.66. The molecule has 2 heterocycles. The highest BCUT2D eigenvalue weighted by Gasteiger charge is 2.19. The highest BCUT2D eigenvalue weighted by molar-refractivity contribution is 9.10. The third-order valence-electron chi connectivity index (χ3n) is 2.90. The van der Waals surface area contributed by atoms with E-state index in [2.05, 4.69) is 31.2 Å². The van der Waals surface area contributed by atoms with Gasteiger partial charge in [-0.1, -0.05) is 17.7 Å². The maximum absolute atomic E-state index is 13.8. The Bertz CT molecular complexity index is 886. The van der Waals surface area contributed by atoms with Crippen LogP contribution >= 0.6 is 38.9 Å². The minimum atomic E-state index is -0.833. The van der Waals surface area contributed by atoms with Crippen LogP contribution in [0.5, 0.6) is 11.5 Å². The number of halogens is 4. The Morgan fingerprint density at radius 1 is 1.25 bits per heavy atom. The van der Waals surface area contributed by atoms with Crippen molar-refractivity contribution in [2.75, 3.05) is 5.32 Å². The van der Waals surface area contributed by atoms with Gasteiger partial charge in [0.1, 0.15) is 5.02 Å². The van der Waals surface area contributed by atoms with Crippen molar-refractivity contribution < 1.29 is 13.5 Å². The van der Waals surface area contributed by atoms with E-state index in [1.807, 2.05) is 12.3 Å². The Kier molecular flexibility index (Phi) is 4.98. The lowest BCUT2D eigenvalue weighted by molar-refractivity contribution is 0.405. The smallest absolute Gasteiger partial charge is 0.198 e. The number of rotatable bonds is 4. The maximum Gasteiger partial charge on any atom is 0.198 e. The summed E-state index contributed by atoms with van der Waals surface area (Å²) < 4.78 is 33.3. The summed E-state index contributed by atoms with van der Waals surface area (Å²) in [6.07, 6.45) is 1.42. The van der Waals surface area contributed by atoms with Crippen LogP contribution in [0.4, 0.5) is 19.7 Å². The van der Waals surface area contributed by atoms with Crippen molar-refractivity contribution in [2.24, 2.45) is 0 Å². The quantitative estimate of drug-likeness (QED) is 0.543. The molecule has 1 N–H and O–H groups in total. The average Bonchev–Trinajstić information content (AvgIpc) is 2.94. The minimum Gasteiger partial charge on any atom is -0.448 e. The van der Waals surface area contributed by atoms with Gasteiger partial charge < -0.3 is 10.1 Å². The first-order chi connectivity index (χ1) is 11.5. The number of benzene rings is 1. The van der Waals surface area contributed by atoms with E-state index in [4.69, 9.17) is 16.3 Å². The molecule has 24 heavy (non-hydrogen) atoms. The van der Waals surface area contributed by atoms with E-state index < -0.39 is 17.4 Å². The van der Waals surface area contributed by atoms with Gasteiger partial charge in [-0.2, -0.15) is 0 Å². The van der Waals surface area contributed by atoms with Crippen LogP contribution in [0.15, 0.2) is 34.2 Å². The summed E-state index contributed by atoms with van der Waals surface area (Å²) in [5.74, 6) is -1.89. The van der Waals surface area contributed by atoms with E-state index >= 15 is 0 Å². The van der Waals surface area contributed by atoms with Gasteiger partial charge in [-0.05, 0) is 35.0 Å². The van der Waals surface area contributed by atoms with Gasteiger partial charge in [0.25, 0.3) is 0 Å². The number of ether oxygens (including phenoxy) is 1. The van der Waals surface area contributed by atoms with Crippen LogP contribution in [0.1, 0.15) is 5.69 Å². The van der Waals surface area contributed by atoms with E-state index in [-0.39, 0.29) is 16.6 Å². The number of nitrogens with zero attached hydrogens (tertiary/aromatic N) is 2. The zero-order valence-electron chi connectivity index (χ0n) is 12.1. The van der Waals surface area contributed by atoms with Crippen molar-refractivity contribution >= 4 is 49.8 Å². The molecule has 0 fully saturated rings. The standard InChI is InChI=1S/C15H9BrClF2N3OS/c1-7-6-24-15(21-7)22-14-11(17)12(8(16)5-20-14)23-13-9(18)3-2-4-10(13)19/h2-6H,1H3,(H,20,21,22). The summed E-state index contributed by atoms with van der Waals surface area (Å²) in [6, 6.07) is 3.44. The number of hydrogen-bond acceptors (Lipinski definition) is 5. The van der Waals surface area contributed by atoms with Crippen molar-refractivity contribution in [1.29, 1.82) is 0 Å². The molecule has 3 rings (SSSR count). The molecule has 0 aliphatic heterocycles. The molecule has 0 atom stereocenters. The third kappa shape index (κ3) is 3.50. The van der Waals surface area contributed by atoms with Gasteiger partial charge in [0.15, 0.2) is 34.1 Å². The Hall–Kier alpha value is -1.77. The zero-order chi connectivity index (χ0) is 17.3. The van der Waals surface area contributed by atoms with Crippen LogP contribution in [0.2, 0.25) is 5.02 Å². The lowest BCUT2D eigenvalue weighted by atomic mass is 10.3. The fourth-order valence-electron chi connectivity index (χ4n) is 1.82. The number of anilines is 2. The summed E-state index contributed by atoms with van der Waals surface area (Å²) in [5.41, 5.74) is 0.848. The highest BCUT2D eigenvalue weighted by atomic mass is 79.9. The van der Waals surface area contributed by atoms with Crippen LogP contribution in [-0.4, -0.2) is 9.97 Å². The van der Waals surface area contributed by atoms with Crippen LogP contribution in [0.25, 0.3) is 0 Å². The molecule has 0 bridgehead atoms. The van der Waals surface area contributed by atoms with E-state index in [0.29, 0.717) is 9.60 Å². The summed E-state index contributed by atoms with van der Waals surface area (Å²) in [5, 5.41) is 5.47. The predicted molar refractivity (Wildman–Crippen MR) is 93.5 cm³/mol. The molecule has 2 aromatic heterocycles. The van der Waals surface area contributed by atoms with Gasteiger partial charge in [-0.3, -0.25) is 0 Å². The van der Waals surface area contributed by atoms with Crippen LogP contribution < -0.4 is 10.1 Å². The lowest BCUT2D eigenvalue weighted by Gasteiger charge is -2.13. The highest BCUT2D eigenvalue weighted by Crippen LogP contribution is 2.41. The van der Waals surface area contributed by atoms with Crippen molar-refractivity contribution in [3.63, 3.8) is 0 Å². The van der Waals surface area contributed by atoms with Crippen molar-refractivity contribution in [3.05, 3.63) is 56.6 Å². The second kappa shape index (κ2) is 7.00. The topological polar surface area (TPSA) is 47.0 Å². The maximum atomic E-state index is 13.8. The van der Waals surface area contributed by atoms with E-state index in [1.54, 1.807) is 0 Å². The van der Waals surface area contributed by atoms with E-state index in [9.17, 15) is 8.78 Å². The van der Waals surface area contributed by atoms with Gasteiger partial charge >= 0.3 is 0 Å². The summed E-state index contributed by atoms with van der Waals surface area (Å²) in [4.78, 5) is 8.39. The van der Waals surface area contributed by atoms with Crippen molar-refractivity contribution in [2.45, 2.75) is 6.92 Å². The van der Waals surface area contributed by atoms with E-state index in [1.165, 1.54) is 23.6 Å². The van der Waals surface area contributed by atoms with Gasteiger partial charge in [0.05, 0.1) is 10.2 Å². The summed E-state index contributed by atoms with van der Waals surface area (Å²) in [6.45, 7) is 1.85. The first kappa shape index (κ1) is 17.1. The van der Waals surface area contributed by atoms with Crippen LogP contribution in [0, 0.1) is 18.6 Å². The first-order valence-electron chi connectivity index (χ1n) is 6.60. The fraction of sp³-hybridized carbons (Fsp3) is 0.0667. The molecule has 0 aliphatic carbocycles. The zero-order valence-corrected chi connectivity index (χ0v) is 15.3. The van der Waals surface area contributed by atoms with Crippen LogP contribution in [0.3, 0.4) is 0 Å². The number of thiazole rings is 1. The molecule has 124 valence electrons. The summed E-state index contributed by atoms with van der Waals surface area (Å²) >= 11 is 10.9. The molecular formula is C15H9BrClF2N3OS. The predicted octanol–water partition coefficient (Wildman–Crippen LogP) is 6.08. The molecule has 3 aromatic rings. The molecule has 0 aliphatic rings. The average molecular weight is 433 g/mol. The molecule has 0 spiro atoms. The van der Waals surface area contributed by atoms with Crippen molar-refractivity contribution in [3.8, 4) is 11.5 Å². The number of para-hydroxylation sites is 1. The molecule has 0 unspecified atom stereocenters. The Labute approximate surface area is 153 Å². The van der Waals surface area contributed by atoms with E-state index in [0.717, 1.165) is 17.8 Å². The molecule has 0 saturated carbocycles. The Balaban J connectivity index is 1.97. The Morgan fingerprint density at radius 2 is 1.96 bits per heavy atom. The fourth-order valence-corrected chi connectivity index (χ4v) is 3.24. The number of hydrogen-bond donors (Lipinski definition) is 1. The second-order valence-electron chi connectivity index (χ2n) is 4.67.